The van der Waals surface area contributed by atoms with Crippen LogP contribution in [0.15, 0.2) is 72.8 Å². The molecular formula is C25H25FN4O3. The maximum absolute atomic E-state index is 13.7. The fourth-order valence-electron chi connectivity index (χ4n) is 3.03. The van der Waals surface area contributed by atoms with Gasteiger partial charge in [-0.25, -0.2) is 4.39 Å². The molecule has 3 amide bonds. The lowest BCUT2D eigenvalue weighted by molar-refractivity contribution is -0.114. The third-order valence-electron chi connectivity index (χ3n) is 4.80. The number of halogens is 1. The topological polar surface area (TPSA) is 90.5 Å². The molecule has 0 aliphatic rings. The first-order chi connectivity index (χ1) is 15.8. The quantitative estimate of drug-likeness (QED) is 0.492. The summed E-state index contributed by atoms with van der Waals surface area (Å²) in [6.45, 7) is 0.0949. The second-order valence-electron chi connectivity index (χ2n) is 7.53. The number of amides is 3. The van der Waals surface area contributed by atoms with Crippen molar-refractivity contribution in [2.75, 3.05) is 31.3 Å². The van der Waals surface area contributed by atoms with Crippen LogP contribution in [0.2, 0.25) is 0 Å². The van der Waals surface area contributed by atoms with E-state index in [0.29, 0.717) is 28.1 Å². The molecule has 0 bridgehead atoms. The van der Waals surface area contributed by atoms with Gasteiger partial charge in [0.15, 0.2) is 0 Å². The van der Waals surface area contributed by atoms with Crippen LogP contribution in [0.4, 0.5) is 15.8 Å². The molecule has 3 aromatic carbocycles. The summed E-state index contributed by atoms with van der Waals surface area (Å²) >= 11 is 0. The van der Waals surface area contributed by atoms with Gasteiger partial charge < -0.3 is 20.9 Å². The van der Waals surface area contributed by atoms with E-state index >= 15 is 0 Å². The second-order valence-corrected chi connectivity index (χ2v) is 7.53. The van der Waals surface area contributed by atoms with Crippen LogP contribution in [-0.2, 0) is 11.3 Å². The molecule has 0 saturated carbocycles. The summed E-state index contributed by atoms with van der Waals surface area (Å²) in [6, 6.07) is 19.6. The standard InChI is InChI=1S/C25H25FN4O3/c1-30(2)25(33)18-7-5-8-21(14-18)29-23(31)16-27-20-12-10-17(11-13-20)24(32)28-15-19-6-3-4-9-22(19)26/h3-14,27H,15-16H2,1-2H3,(H,28,32)(H,29,31). The van der Waals surface area contributed by atoms with Crippen molar-refractivity contribution in [2.45, 2.75) is 6.54 Å². The smallest absolute Gasteiger partial charge is 0.253 e. The van der Waals surface area contributed by atoms with Crippen LogP contribution in [0, 0.1) is 5.82 Å². The lowest BCUT2D eigenvalue weighted by atomic mass is 10.1. The molecule has 3 N–H and O–H groups in total. The van der Waals surface area contributed by atoms with Crippen LogP contribution < -0.4 is 16.0 Å². The number of hydrogen-bond donors (Lipinski definition) is 3. The monoisotopic (exact) mass is 448 g/mol. The zero-order chi connectivity index (χ0) is 23.8. The summed E-state index contributed by atoms with van der Waals surface area (Å²) in [6.07, 6.45) is 0. The molecule has 0 heterocycles. The number of nitrogens with one attached hydrogen (secondary N) is 3. The minimum absolute atomic E-state index is 0.00464. The first kappa shape index (κ1) is 23.5. The third kappa shape index (κ3) is 6.64. The van der Waals surface area contributed by atoms with E-state index in [-0.39, 0.29) is 36.6 Å². The zero-order valence-electron chi connectivity index (χ0n) is 18.4. The Morgan fingerprint density at radius 2 is 1.58 bits per heavy atom. The molecule has 0 saturated heterocycles. The van der Waals surface area contributed by atoms with Gasteiger partial charge >= 0.3 is 0 Å². The highest BCUT2D eigenvalue weighted by Crippen LogP contribution is 2.13. The largest absolute Gasteiger partial charge is 0.376 e. The molecule has 33 heavy (non-hydrogen) atoms. The Morgan fingerprint density at radius 1 is 0.848 bits per heavy atom. The van der Waals surface area contributed by atoms with Gasteiger partial charge in [-0.3, -0.25) is 14.4 Å². The first-order valence-corrected chi connectivity index (χ1v) is 10.3. The highest BCUT2D eigenvalue weighted by Gasteiger charge is 2.10. The molecule has 8 heteroatoms. The Labute approximate surface area is 191 Å². The predicted molar refractivity (Wildman–Crippen MR) is 126 cm³/mol. The summed E-state index contributed by atoms with van der Waals surface area (Å²) in [4.78, 5) is 38.1. The highest BCUT2D eigenvalue weighted by molar-refractivity contribution is 5.98. The highest BCUT2D eigenvalue weighted by atomic mass is 19.1. The van der Waals surface area contributed by atoms with Gasteiger partial charge in [-0.2, -0.15) is 0 Å². The van der Waals surface area contributed by atoms with Gasteiger partial charge in [-0.15, -0.1) is 0 Å². The summed E-state index contributed by atoms with van der Waals surface area (Å²) in [5.41, 5.74) is 2.49. The van der Waals surface area contributed by atoms with Crippen LogP contribution in [0.1, 0.15) is 26.3 Å². The van der Waals surface area contributed by atoms with Crippen molar-refractivity contribution in [3.63, 3.8) is 0 Å². The van der Waals surface area contributed by atoms with Crippen LogP contribution >= 0.6 is 0 Å². The Bertz CT molecular complexity index is 1150. The molecule has 0 radical (unpaired) electrons. The van der Waals surface area contributed by atoms with E-state index in [2.05, 4.69) is 16.0 Å². The minimum atomic E-state index is -0.369. The fourth-order valence-corrected chi connectivity index (χ4v) is 3.03. The summed E-state index contributed by atoms with van der Waals surface area (Å²) in [5.74, 6) is -1.13. The number of carbonyl (C=O) groups excluding carboxylic acids is 3. The van der Waals surface area contributed by atoms with Crippen LogP contribution in [0.25, 0.3) is 0 Å². The van der Waals surface area contributed by atoms with Crippen molar-refractivity contribution in [2.24, 2.45) is 0 Å². The van der Waals surface area contributed by atoms with Gasteiger partial charge in [-0.1, -0.05) is 24.3 Å². The number of benzene rings is 3. The molecule has 0 spiro atoms. The van der Waals surface area contributed by atoms with E-state index in [1.165, 1.54) is 11.0 Å². The predicted octanol–water partition coefficient (Wildman–Crippen LogP) is 3.51. The van der Waals surface area contributed by atoms with Crippen LogP contribution in [0.5, 0.6) is 0 Å². The fraction of sp³-hybridized carbons (Fsp3) is 0.160. The Morgan fingerprint density at radius 3 is 2.27 bits per heavy atom. The Kier molecular flexibility index (Phi) is 7.75. The van der Waals surface area contributed by atoms with E-state index in [0.717, 1.165) is 0 Å². The molecule has 0 aliphatic heterocycles. The van der Waals surface area contributed by atoms with Crippen LogP contribution in [-0.4, -0.2) is 43.3 Å². The molecule has 0 fully saturated rings. The number of nitrogens with zero attached hydrogens (tertiary/aromatic N) is 1. The molecule has 170 valence electrons. The van der Waals surface area contributed by atoms with Gasteiger partial charge in [0.2, 0.25) is 5.91 Å². The maximum atomic E-state index is 13.7. The van der Waals surface area contributed by atoms with Gasteiger partial charge in [0.05, 0.1) is 6.54 Å². The van der Waals surface area contributed by atoms with Crippen molar-refractivity contribution in [1.82, 2.24) is 10.2 Å². The molecule has 3 rings (SSSR count). The number of hydrogen-bond acceptors (Lipinski definition) is 4. The number of anilines is 2. The van der Waals surface area contributed by atoms with E-state index in [1.54, 1.807) is 80.8 Å². The van der Waals surface area contributed by atoms with E-state index in [9.17, 15) is 18.8 Å². The van der Waals surface area contributed by atoms with Crippen molar-refractivity contribution >= 4 is 29.1 Å². The summed E-state index contributed by atoms with van der Waals surface area (Å²) < 4.78 is 13.7. The number of carbonyl (C=O) groups is 3. The van der Waals surface area contributed by atoms with E-state index in [4.69, 9.17) is 0 Å². The SMILES string of the molecule is CN(C)C(=O)c1cccc(NC(=O)CNc2ccc(C(=O)NCc3ccccc3F)cc2)c1. The molecule has 0 atom stereocenters. The van der Waals surface area contributed by atoms with Gasteiger partial charge in [0.1, 0.15) is 5.82 Å². The van der Waals surface area contributed by atoms with E-state index < -0.39 is 0 Å². The van der Waals surface area contributed by atoms with Gasteiger partial charge in [0, 0.05) is 48.7 Å². The molecule has 3 aromatic rings. The normalized spacial score (nSPS) is 10.3. The number of rotatable bonds is 8. The van der Waals surface area contributed by atoms with E-state index in [1.807, 2.05) is 0 Å². The zero-order valence-corrected chi connectivity index (χ0v) is 18.4. The Hall–Kier alpha value is -4.20. The molecule has 0 unspecified atom stereocenters. The summed E-state index contributed by atoms with van der Waals surface area (Å²) in [5, 5.41) is 8.41. The average Bonchev–Trinajstić information content (AvgIpc) is 2.82. The lowest BCUT2D eigenvalue weighted by Gasteiger charge is -2.12. The molecular weight excluding hydrogens is 423 g/mol. The van der Waals surface area contributed by atoms with Gasteiger partial charge in [-0.05, 0) is 48.5 Å². The van der Waals surface area contributed by atoms with Crippen molar-refractivity contribution < 1.29 is 18.8 Å². The van der Waals surface area contributed by atoms with Crippen molar-refractivity contribution in [1.29, 1.82) is 0 Å². The van der Waals surface area contributed by atoms with Crippen LogP contribution in [0.3, 0.4) is 0 Å². The molecule has 7 nitrogen and oxygen atoms in total. The average molecular weight is 448 g/mol. The molecule has 0 aromatic heterocycles. The molecule has 0 aliphatic carbocycles. The summed E-state index contributed by atoms with van der Waals surface area (Å²) in [7, 11) is 3.32. The first-order valence-electron chi connectivity index (χ1n) is 10.3. The maximum Gasteiger partial charge on any atom is 0.253 e. The van der Waals surface area contributed by atoms with Crippen molar-refractivity contribution in [3.8, 4) is 0 Å². The second kappa shape index (κ2) is 10.9. The van der Waals surface area contributed by atoms with Crippen molar-refractivity contribution in [3.05, 3.63) is 95.3 Å². The third-order valence-corrected chi connectivity index (χ3v) is 4.80. The Balaban J connectivity index is 1.49. The lowest BCUT2D eigenvalue weighted by Crippen LogP contribution is -2.24. The van der Waals surface area contributed by atoms with Gasteiger partial charge in [0.25, 0.3) is 11.8 Å². The minimum Gasteiger partial charge on any atom is -0.376 e.